The van der Waals surface area contributed by atoms with Crippen LogP contribution in [0.4, 0.5) is 0 Å². The quantitative estimate of drug-likeness (QED) is 0.397. The first kappa shape index (κ1) is 24.4. The number of nitrogens with one attached hydrogen (secondary N) is 1. The molecule has 0 spiro atoms. The van der Waals surface area contributed by atoms with Gasteiger partial charge in [-0.25, -0.2) is 0 Å². The van der Waals surface area contributed by atoms with Crippen molar-refractivity contribution < 1.29 is 19.1 Å². The van der Waals surface area contributed by atoms with Crippen molar-refractivity contribution in [3.63, 3.8) is 0 Å². The van der Waals surface area contributed by atoms with Crippen LogP contribution in [0.15, 0.2) is 78.0 Å². The highest BCUT2D eigenvalue weighted by Crippen LogP contribution is 2.44. The number of ketones is 1. The first-order chi connectivity index (χ1) is 17.4. The van der Waals surface area contributed by atoms with Gasteiger partial charge in [0.1, 0.15) is 6.61 Å². The number of amides is 1. The van der Waals surface area contributed by atoms with E-state index in [1.807, 2.05) is 54.6 Å². The molecule has 0 bridgehead atoms. The zero-order valence-electron chi connectivity index (χ0n) is 19.7. The molecule has 0 fully saturated rings. The maximum Gasteiger partial charge on any atom is 0.225 e. The van der Waals surface area contributed by atoms with Crippen LogP contribution in [0.25, 0.3) is 0 Å². The molecule has 1 amide bonds. The SMILES string of the molecule is COc1ccc(C2CC(=O)NC3=C2C(=O)CC(c2ccc(Cl)c(Cl)c2)C3)cc1OCc1ccccc1. The van der Waals surface area contributed by atoms with Crippen molar-refractivity contribution in [3.05, 3.63) is 105 Å². The minimum atomic E-state index is -0.346. The summed E-state index contributed by atoms with van der Waals surface area (Å²) in [5.41, 5.74) is 4.17. The van der Waals surface area contributed by atoms with Crippen LogP contribution in [0.3, 0.4) is 0 Å². The maximum absolute atomic E-state index is 13.4. The molecule has 0 saturated heterocycles. The zero-order chi connectivity index (χ0) is 25.2. The van der Waals surface area contributed by atoms with Crippen molar-refractivity contribution in [2.45, 2.75) is 37.7 Å². The van der Waals surface area contributed by atoms with E-state index in [0.717, 1.165) is 16.7 Å². The normalized spacial score (nSPS) is 19.5. The Balaban J connectivity index is 1.45. The van der Waals surface area contributed by atoms with Crippen molar-refractivity contribution in [3.8, 4) is 11.5 Å². The molecule has 0 aromatic heterocycles. The van der Waals surface area contributed by atoms with E-state index < -0.39 is 0 Å². The highest BCUT2D eigenvalue weighted by atomic mass is 35.5. The summed E-state index contributed by atoms with van der Waals surface area (Å²) in [6.07, 6.45) is 1.10. The lowest BCUT2D eigenvalue weighted by Gasteiger charge is -2.34. The van der Waals surface area contributed by atoms with E-state index in [0.29, 0.717) is 52.3 Å². The summed E-state index contributed by atoms with van der Waals surface area (Å²) in [6.45, 7) is 0.379. The highest BCUT2D eigenvalue weighted by Gasteiger charge is 2.38. The van der Waals surface area contributed by atoms with Gasteiger partial charge in [-0.15, -0.1) is 0 Å². The van der Waals surface area contributed by atoms with Crippen molar-refractivity contribution in [1.82, 2.24) is 5.32 Å². The molecule has 7 heteroatoms. The summed E-state index contributed by atoms with van der Waals surface area (Å²) in [7, 11) is 1.59. The maximum atomic E-state index is 13.4. The number of carbonyl (C=O) groups is 2. The van der Waals surface area contributed by atoms with Gasteiger partial charge in [-0.1, -0.05) is 65.7 Å². The Morgan fingerprint density at radius 2 is 1.64 bits per heavy atom. The minimum Gasteiger partial charge on any atom is -0.493 e. The second-order valence-electron chi connectivity index (χ2n) is 9.08. The summed E-state index contributed by atoms with van der Waals surface area (Å²) in [6, 6.07) is 20.9. The van der Waals surface area contributed by atoms with Crippen LogP contribution in [-0.2, 0) is 16.2 Å². The van der Waals surface area contributed by atoms with Gasteiger partial charge in [-0.2, -0.15) is 0 Å². The molecule has 5 nitrogen and oxygen atoms in total. The van der Waals surface area contributed by atoms with Crippen LogP contribution in [0.1, 0.15) is 47.8 Å². The molecular formula is C29H25Cl2NO4. The standard InChI is InChI=1S/C29H25Cl2NO4/c1-35-26-10-8-19(14-27(26)36-16-17-5-3-2-4-6-17)21-15-28(34)32-24-12-20(13-25(33)29(21)24)18-7-9-22(30)23(31)11-18/h2-11,14,20-21H,12-13,15-16H2,1H3,(H,32,34). The third-order valence-corrected chi connectivity index (χ3v) is 7.52. The zero-order valence-corrected chi connectivity index (χ0v) is 21.2. The fourth-order valence-electron chi connectivity index (χ4n) is 5.01. The van der Waals surface area contributed by atoms with E-state index in [4.69, 9.17) is 32.7 Å². The summed E-state index contributed by atoms with van der Waals surface area (Å²) >= 11 is 12.3. The lowest BCUT2D eigenvalue weighted by Crippen LogP contribution is -2.38. The summed E-state index contributed by atoms with van der Waals surface area (Å²) in [4.78, 5) is 26.2. The van der Waals surface area contributed by atoms with E-state index in [1.165, 1.54) is 0 Å². The Kier molecular flexibility index (Phi) is 7.04. The number of halogens is 2. The van der Waals surface area contributed by atoms with Crippen molar-refractivity contribution >= 4 is 34.9 Å². The molecule has 1 heterocycles. The predicted molar refractivity (Wildman–Crippen MR) is 140 cm³/mol. The Bertz CT molecular complexity index is 1350. The second kappa shape index (κ2) is 10.4. The summed E-state index contributed by atoms with van der Waals surface area (Å²) in [5, 5.41) is 3.89. The van der Waals surface area contributed by atoms with Gasteiger partial charge in [0, 0.05) is 30.0 Å². The van der Waals surface area contributed by atoms with Gasteiger partial charge in [0.15, 0.2) is 17.3 Å². The summed E-state index contributed by atoms with van der Waals surface area (Å²) < 4.78 is 11.6. The topological polar surface area (TPSA) is 64.6 Å². The molecule has 2 aliphatic rings. The smallest absolute Gasteiger partial charge is 0.225 e. The predicted octanol–water partition coefficient (Wildman–Crippen LogP) is 6.59. The monoisotopic (exact) mass is 521 g/mol. The second-order valence-corrected chi connectivity index (χ2v) is 9.90. The van der Waals surface area contributed by atoms with E-state index >= 15 is 0 Å². The van der Waals surface area contributed by atoms with Crippen molar-refractivity contribution in [1.29, 1.82) is 0 Å². The minimum absolute atomic E-state index is 0.0277. The van der Waals surface area contributed by atoms with Gasteiger partial charge in [-0.3, -0.25) is 9.59 Å². The van der Waals surface area contributed by atoms with Crippen LogP contribution < -0.4 is 14.8 Å². The summed E-state index contributed by atoms with van der Waals surface area (Å²) in [5.74, 6) is 0.665. The average molecular weight is 522 g/mol. The molecule has 1 aliphatic carbocycles. The molecule has 3 aromatic rings. The number of rotatable bonds is 6. The van der Waals surface area contributed by atoms with E-state index in [1.54, 1.807) is 19.2 Å². The molecule has 1 N–H and O–H groups in total. The molecule has 2 atom stereocenters. The van der Waals surface area contributed by atoms with E-state index in [-0.39, 0.29) is 29.9 Å². The third-order valence-electron chi connectivity index (χ3n) is 6.78. The van der Waals surface area contributed by atoms with Crippen LogP contribution in [0.2, 0.25) is 10.0 Å². The van der Waals surface area contributed by atoms with Gasteiger partial charge < -0.3 is 14.8 Å². The first-order valence-electron chi connectivity index (χ1n) is 11.8. The lowest BCUT2D eigenvalue weighted by molar-refractivity contribution is -0.122. The third kappa shape index (κ3) is 4.99. The molecule has 184 valence electrons. The van der Waals surface area contributed by atoms with Gasteiger partial charge in [0.05, 0.1) is 17.2 Å². The fourth-order valence-corrected chi connectivity index (χ4v) is 5.31. The van der Waals surface area contributed by atoms with Crippen LogP contribution in [0.5, 0.6) is 11.5 Å². The van der Waals surface area contributed by atoms with Crippen LogP contribution in [0, 0.1) is 0 Å². The number of Topliss-reactive ketones (excluding diaryl/α,β-unsaturated/α-hetero) is 1. The largest absolute Gasteiger partial charge is 0.493 e. The molecule has 5 rings (SSSR count). The molecule has 3 aromatic carbocycles. The lowest BCUT2D eigenvalue weighted by atomic mass is 9.73. The Morgan fingerprint density at radius 1 is 0.861 bits per heavy atom. The van der Waals surface area contributed by atoms with E-state index in [2.05, 4.69) is 5.32 Å². The Morgan fingerprint density at radius 3 is 2.39 bits per heavy atom. The molecule has 2 unspecified atom stereocenters. The number of hydrogen-bond donors (Lipinski definition) is 1. The number of methoxy groups -OCH3 is 1. The van der Waals surface area contributed by atoms with Crippen LogP contribution in [-0.4, -0.2) is 18.8 Å². The number of hydrogen-bond acceptors (Lipinski definition) is 4. The van der Waals surface area contributed by atoms with Crippen molar-refractivity contribution in [2.24, 2.45) is 0 Å². The molecule has 36 heavy (non-hydrogen) atoms. The average Bonchev–Trinajstić information content (AvgIpc) is 2.88. The van der Waals surface area contributed by atoms with Gasteiger partial charge in [0.2, 0.25) is 5.91 Å². The van der Waals surface area contributed by atoms with Gasteiger partial charge in [0.25, 0.3) is 0 Å². The van der Waals surface area contributed by atoms with E-state index in [9.17, 15) is 9.59 Å². The van der Waals surface area contributed by atoms with Crippen LogP contribution >= 0.6 is 23.2 Å². The number of ether oxygens (including phenoxy) is 2. The molecular weight excluding hydrogens is 497 g/mol. The van der Waals surface area contributed by atoms with Gasteiger partial charge in [-0.05, 0) is 53.3 Å². The van der Waals surface area contributed by atoms with Crippen molar-refractivity contribution in [2.75, 3.05) is 7.11 Å². The Hall–Kier alpha value is -3.28. The van der Waals surface area contributed by atoms with Gasteiger partial charge >= 0.3 is 0 Å². The number of benzene rings is 3. The highest BCUT2D eigenvalue weighted by molar-refractivity contribution is 6.42. The number of carbonyl (C=O) groups excluding carboxylic acids is 2. The fraction of sp³-hybridized carbons (Fsp3) is 0.241. The first-order valence-corrected chi connectivity index (χ1v) is 12.5. The molecule has 0 radical (unpaired) electrons. The molecule has 1 aliphatic heterocycles. The number of allylic oxidation sites excluding steroid dienone is 2. The Labute approximate surface area is 220 Å². The molecule has 0 saturated carbocycles.